The van der Waals surface area contributed by atoms with Crippen LogP contribution in [-0.4, -0.2) is 6.21 Å². The molecule has 1 N–H and O–H groups in total. The first-order valence-electron chi connectivity index (χ1n) is 3.57. The fraction of sp³-hybridized carbons (Fsp3) is 0.100. The lowest BCUT2D eigenvalue weighted by molar-refractivity contribution is 1.33. The van der Waals surface area contributed by atoms with Crippen LogP contribution in [0.2, 0.25) is 0 Å². The van der Waals surface area contributed by atoms with E-state index in [9.17, 15) is 0 Å². The van der Waals surface area contributed by atoms with Crippen LogP contribution in [0.5, 0.6) is 0 Å². The van der Waals surface area contributed by atoms with Crippen molar-refractivity contribution in [1.82, 2.24) is 0 Å². The molecular formula is C10H11N. The first-order valence-corrected chi connectivity index (χ1v) is 3.57. The second-order valence-electron chi connectivity index (χ2n) is 2.35. The highest BCUT2D eigenvalue weighted by Crippen LogP contribution is 2.04. The molecular weight excluding hydrogens is 134 g/mol. The van der Waals surface area contributed by atoms with Crippen molar-refractivity contribution in [3.05, 3.63) is 42.0 Å². The van der Waals surface area contributed by atoms with Gasteiger partial charge in [-0.25, -0.2) is 0 Å². The Bertz CT molecular complexity index is 246. The summed E-state index contributed by atoms with van der Waals surface area (Å²) in [5.74, 6) is 0. The summed E-state index contributed by atoms with van der Waals surface area (Å²) < 4.78 is 0. The van der Waals surface area contributed by atoms with Gasteiger partial charge >= 0.3 is 0 Å². The SMILES string of the molecule is C=Cc1ccc(CC=N)cc1. The van der Waals surface area contributed by atoms with E-state index in [0.717, 1.165) is 12.0 Å². The summed E-state index contributed by atoms with van der Waals surface area (Å²) in [5.41, 5.74) is 2.30. The zero-order valence-corrected chi connectivity index (χ0v) is 6.38. The van der Waals surface area contributed by atoms with Gasteiger partial charge in [0.2, 0.25) is 0 Å². The van der Waals surface area contributed by atoms with Crippen molar-refractivity contribution in [2.45, 2.75) is 6.42 Å². The summed E-state index contributed by atoms with van der Waals surface area (Å²) in [6.45, 7) is 3.66. The quantitative estimate of drug-likeness (QED) is 0.632. The molecule has 0 atom stereocenters. The van der Waals surface area contributed by atoms with E-state index in [-0.39, 0.29) is 0 Å². The average Bonchev–Trinajstić information content (AvgIpc) is 2.07. The van der Waals surface area contributed by atoms with Crippen LogP contribution in [0.3, 0.4) is 0 Å². The minimum Gasteiger partial charge on any atom is -0.313 e. The minimum atomic E-state index is 0.720. The molecule has 1 aromatic carbocycles. The molecule has 0 spiro atoms. The Morgan fingerprint density at radius 1 is 1.27 bits per heavy atom. The third kappa shape index (κ3) is 2.04. The van der Waals surface area contributed by atoms with Crippen LogP contribution in [0, 0.1) is 5.41 Å². The molecule has 0 saturated carbocycles. The highest BCUT2D eigenvalue weighted by Gasteiger charge is 1.88. The summed E-state index contributed by atoms with van der Waals surface area (Å²) in [7, 11) is 0. The van der Waals surface area contributed by atoms with E-state index < -0.39 is 0 Å². The largest absolute Gasteiger partial charge is 0.313 e. The van der Waals surface area contributed by atoms with E-state index in [1.807, 2.05) is 30.3 Å². The number of rotatable bonds is 3. The lowest BCUT2D eigenvalue weighted by Crippen LogP contribution is -1.83. The summed E-state index contributed by atoms with van der Waals surface area (Å²) in [5, 5.41) is 6.89. The highest BCUT2D eigenvalue weighted by atomic mass is 14.3. The van der Waals surface area contributed by atoms with Crippen LogP contribution in [0.25, 0.3) is 6.08 Å². The van der Waals surface area contributed by atoms with Crippen LogP contribution in [0.1, 0.15) is 11.1 Å². The number of nitrogens with one attached hydrogen (secondary N) is 1. The molecule has 1 nitrogen and oxygen atoms in total. The van der Waals surface area contributed by atoms with Crippen molar-refractivity contribution in [3.63, 3.8) is 0 Å². The molecule has 56 valence electrons. The summed E-state index contributed by atoms with van der Waals surface area (Å²) in [6.07, 6.45) is 3.94. The number of hydrogen-bond acceptors (Lipinski definition) is 1. The molecule has 1 rings (SSSR count). The third-order valence-corrected chi connectivity index (χ3v) is 1.55. The topological polar surface area (TPSA) is 23.9 Å². The molecule has 0 fully saturated rings. The number of benzene rings is 1. The lowest BCUT2D eigenvalue weighted by Gasteiger charge is -1.95. The Hall–Kier alpha value is -1.37. The van der Waals surface area contributed by atoms with Gasteiger partial charge in [-0.2, -0.15) is 0 Å². The van der Waals surface area contributed by atoms with Crippen LogP contribution in [0.4, 0.5) is 0 Å². The molecule has 0 radical (unpaired) electrons. The van der Waals surface area contributed by atoms with E-state index >= 15 is 0 Å². The monoisotopic (exact) mass is 145 g/mol. The van der Waals surface area contributed by atoms with E-state index in [4.69, 9.17) is 5.41 Å². The van der Waals surface area contributed by atoms with Gasteiger partial charge in [0.25, 0.3) is 0 Å². The van der Waals surface area contributed by atoms with Crippen molar-refractivity contribution >= 4 is 12.3 Å². The molecule has 0 aliphatic heterocycles. The van der Waals surface area contributed by atoms with Gasteiger partial charge in [0.1, 0.15) is 0 Å². The predicted molar refractivity (Wildman–Crippen MR) is 49.0 cm³/mol. The summed E-state index contributed by atoms with van der Waals surface area (Å²) in [4.78, 5) is 0. The maximum Gasteiger partial charge on any atom is 0.00714 e. The van der Waals surface area contributed by atoms with Gasteiger partial charge in [-0.3, -0.25) is 0 Å². The van der Waals surface area contributed by atoms with Gasteiger partial charge < -0.3 is 5.41 Å². The van der Waals surface area contributed by atoms with Crippen molar-refractivity contribution in [1.29, 1.82) is 5.41 Å². The molecule has 0 heterocycles. The lowest BCUT2D eigenvalue weighted by atomic mass is 10.1. The molecule has 0 unspecified atom stereocenters. The Balaban J connectivity index is 2.81. The van der Waals surface area contributed by atoms with Gasteiger partial charge in [-0.15, -0.1) is 0 Å². The van der Waals surface area contributed by atoms with Gasteiger partial charge in [0.15, 0.2) is 0 Å². The second kappa shape index (κ2) is 3.71. The Morgan fingerprint density at radius 2 is 1.91 bits per heavy atom. The second-order valence-corrected chi connectivity index (χ2v) is 2.35. The van der Waals surface area contributed by atoms with Gasteiger partial charge in [-0.05, 0) is 17.3 Å². The molecule has 0 aliphatic carbocycles. The normalized spacial score (nSPS) is 9.09. The summed E-state index contributed by atoms with van der Waals surface area (Å²) >= 11 is 0. The molecule has 0 bridgehead atoms. The first-order chi connectivity index (χ1) is 5.36. The molecule has 11 heavy (non-hydrogen) atoms. The molecule has 1 aromatic rings. The fourth-order valence-electron chi connectivity index (χ4n) is 0.908. The maximum atomic E-state index is 6.89. The van der Waals surface area contributed by atoms with Crippen LogP contribution >= 0.6 is 0 Å². The van der Waals surface area contributed by atoms with Gasteiger partial charge in [0, 0.05) is 6.42 Å². The van der Waals surface area contributed by atoms with E-state index in [0.29, 0.717) is 0 Å². The standard InChI is InChI=1S/C10H11N/c1-2-9-3-5-10(6-4-9)7-8-11/h2-6,8,11H,1,7H2. The van der Waals surface area contributed by atoms with Gasteiger partial charge in [0.05, 0.1) is 0 Å². The van der Waals surface area contributed by atoms with Gasteiger partial charge in [-0.1, -0.05) is 36.9 Å². The van der Waals surface area contributed by atoms with E-state index in [1.165, 1.54) is 11.8 Å². The maximum absolute atomic E-state index is 6.89. The van der Waals surface area contributed by atoms with Crippen LogP contribution < -0.4 is 0 Å². The molecule has 1 heteroatoms. The molecule has 0 amide bonds. The molecule has 0 aliphatic rings. The van der Waals surface area contributed by atoms with Crippen molar-refractivity contribution in [2.24, 2.45) is 0 Å². The average molecular weight is 145 g/mol. The molecule has 0 saturated heterocycles. The fourth-order valence-corrected chi connectivity index (χ4v) is 0.908. The Morgan fingerprint density at radius 3 is 2.36 bits per heavy atom. The van der Waals surface area contributed by atoms with E-state index in [1.54, 1.807) is 0 Å². The zero-order valence-electron chi connectivity index (χ0n) is 6.38. The molecule has 0 aromatic heterocycles. The zero-order chi connectivity index (χ0) is 8.10. The summed E-state index contributed by atoms with van der Waals surface area (Å²) in [6, 6.07) is 8.04. The number of hydrogen-bond donors (Lipinski definition) is 1. The third-order valence-electron chi connectivity index (χ3n) is 1.55. The first kappa shape index (κ1) is 7.73. The van der Waals surface area contributed by atoms with Crippen molar-refractivity contribution < 1.29 is 0 Å². The van der Waals surface area contributed by atoms with Crippen LogP contribution in [0.15, 0.2) is 30.8 Å². The predicted octanol–water partition coefficient (Wildman–Crippen LogP) is 2.52. The Kier molecular flexibility index (Phi) is 2.61. The highest BCUT2D eigenvalue weighted by molar-refractivity contribution is 5.58. The van der Waals surface area contributed by atoms with Crippen molar-refractivity contribution in [3.8, 4) is 0 Å². The minimum absolute atomic E-state index is 0.720. The smallest absolute Gasteiger partial charge is 0.00714 e. The van der Waals surface area contributed by atoms with Crippen LogP contribution in [-0.2, 0) is 6.42 Å². The Labute approximate surface area is 66.9 Å². The van der Waals surface area contributed by atoms with E-state index in [2.05, 4.69) is 6.58 Å². The van der Waals surface area contributed by atoms with Crippen molar-refractivity contribution in [2.75, 3.05) is 0 Å².